The average molecular weight is 445 g/mol. The van der Waals surface area contributed by atoms with Crippen LogP contribution in [0.15, 0.2) is 32.2 Å². The van der Waals surface area contributed by atoms with Crippen molar-refractivity contribution in [1.82, 2.24) is 14.9 Å². The van der Waals surface area contributed by atoms with Crippen molar-refractivity contribution in [2.45, 2.75) is 26.4 Å². The van der Waals surface area contributed by atoms with E-state index in [2.05, 4.69) is 42.9 Å². The molecule has 0 radical (unpaired) electrons. The summed E-state index contributed by atoms with van der Waals surface area (Å²) in [4.78, 5) is 34.3. The van der Waals surface area contributed by atoms with Crippen LogP contribution in [0.4, 0.5) is 4.79 Å². The van der Waals surface area contributed by atoms with Gasteiger partial charge in [0.1, 0.15) is 17.6 Å². The number of aromatic nitrogens is 2. The monoisotopic (exact) mass is 445 g/mol. The molecule has 0 spiro atoms. The van der Waals surface area contributed by atoms with Crippen LogP contribution < -0.4 is 5.32 Å². The number of alkyl carbamates (subject to hydrolysis) is 1. The Morgan fingerprint density at radius 1 is 1.50 bits per heavy atom. The van der Waals surface area contributed by atoms with Gasteiger partial charge in [-0.15, -0.1) is 0 Å². The molecule has 0 saturated heterocycles. The van der Waals surface area contributed by atoms with Gasteiger partial charge in [-0.1, -0.05) is 6.08 Å². The summed E-state index contributed by atoms with van der Waals surface area (Å²) in [5.41, 5.74) is -0.224. The fraction of sp³-hybridized carbons (Fsp3) is 0.400. The quantitative estimate of drug-likeness (QED) is 0.333. The number of hydrogen-bond donors (Lipinski definition) is 1. The number of halogens is 1. The SMILES string of the molecule is CN=C(N=C/C(I)=C/CNC(=O)OC(C)(C)C)n1cnc(C=O)c1. The lowest BCUT2D eigenvalue weighted by molar-refractivity contribution is 0.0534. The first-order valence-corrected chi connectivity index (χ1v) is 8.16. The highest BCUT2D eigenvalue weighted by Gasteiger charge is 2.15. The van der Waals surface area contributed by atoms with E-state index in [-0.39, 0.29) is 0 Å². The largest absolute Gasteiger partial charge is 0.444 e. The number of amides is 1. The van der Waals surface area contributed by atoms with E-state index in [1.165, 1.54) is 12.5 Å². The summed E-state index contributed by atoms with van der Waals surface area (Å²) in [5.74, 6) is 0.387. The third kappa shape index (κ3) is 7.49. The van der Waals surface area contributed by atoms with Gasteiger partial charge in [0.15, 0.2) is 6.29 Å². The Morgan fingerprint density at radius 3 is 2.75 bits per heavy atom. The number of aldehydes is 1. The fourth-order valence-corrected chi connectivity index (χ4v) is 1.83. The molecule has 8 nitrogen and oxygen atoms in total. The molecule has 0 atom stereocenters. The number of nitrogens with one attached hydrogen (secondary N) is 1. The Balaban J connectivity index is 2.58. The highest BCUT2D eigenvalue weighted by Crippen LogP contribution is 2.06. The lowest BCUT2D eigenvalue weighted by atomic mass is 10.2. The minimum Gasteiger partial charge on any atom is -0.444 e. The van der Waals surface area contributed by atoms with Gasteiger partial charge in [-0.2, -0.15) is 0 Å². The molecule has 1 aromatic heterocycles. The summed E-state index contributed by atoms with van der Waals surface area (Å²) in [5, 5.41) is 2.63. The molecule has 1 amide bonds. The predicted octanol–water partition coefficient (Wildman–Crippen LogP) is 2.44. The van der Waals surface area contributed by atoms with E-state index in [1.807, 2.05) is 0 Å². The molecule has 1 rings (SSSR count). The maximum absolute atomic E-state index is 11.5. The zero-order valence-corrected chi connectivity index (χ0v) is 16.1. The van der Waals surface area contributed by atoms with Crippen molar-refractivity contribution >= 4 is 47.1 Å². The zero-order valence-electron chi connectivity index (χ0n) is 14.0. The van der Waals surface area contributed by atoms with Gasteiger partial charge in [-0.25, -0.2) is 14.8 Å². The molecule has 0 aliphatic heterocycles. The molecule has 1 aromatic rings. The van der Waals surface area contributed by atoms with Crippen LogP contribution >= 0.6 is 22.6 Å². The van der Waals surface area contributed by atoms with Crippen molar-refractivity contribution in [2.75, 3.05) is 13.6 Å². The van der Waals surface area contributed by atoms with E-state index in [1.54, 1.807) is 44.7 Å². The number of carbonyl (C=O) groups excluding carboxylic acids is 2. The van der Waals surface area contributed by atoms with E-state index in [4.69, 9.17) is 4.74 Å². The molecule has 1 N–H and O–H groups in total. The molecule has 1 heterocycles. The normalized spacial score (nSPS) is 13.2. The second kappa shape index (κ2) is 9.30. The summed E-state index contributed by atoms with van der Waals surface area (Å²) in [6.45, 7) is 5.72. The number of imidazole rings is 1. The van der Waals surface area contributed by atoms with Gasteiger partial charge in [-0.05, 0) is 43.4 Å². The minimum absolute atomic E-state index is 0.304. The predicted molar refractivity (Wildman–Crippen MR) is 101 cm³/mol. The molecule has 0 fully saturated rings. The number of carbonyl (C=O) groups is 2. The van der Waals surface area contributed by atoms with Gasteiger partial charge < -0.3 is 10.1 Å². The number of rotatable bonds is 4. The molecule has 0 aromatic carbocycles. The Hall–Kier alpha value is -2.04. The van der Waals surface area contributed by atoms with Crippen LogP contribution in [0.3, 0.4) is 0 Å². The Morgan fingerprint density at radius 2 is 2.21 bits per heavy atom. The molecule has 0 unspecified atom stereocenters. The van der Waals surface area contributed by atoms with E-state index >= 15 is 0 Å². The number of hydrogen-bond acceptors (Lipinski definition) is 5. The number of allylic oxidation sites excluding steroid dienone is 1. The average Bonchev–Trinajstić information content (AvgIpc) is 2.95. The first-order chi connectivity index (χ1) is 11.2. The fourth-order valence-electron chi connectivity index (χ4n) is 1.47. The van der Waals surface area contributed by atoms with Crippen LogP contribution in [0.25, 0.3) is 0 Å². The lowest BCUT2D eigenvalue weighted by Crippen LogP contribution is -2.32. The highest BCUT2D eigenvalue weighted by atomic mass is 127. The van der Waals surface area contributed by atoms with Crippen molar-refractivity contribution in [3.05, 3.63) is 27.9 Å². The first-order valence-electron chi connectivity index (χ1n) is 7.08. The molecule has 9 heteroatoms. The topological polar surface area (TPSA) is 97.9 Å². The minimum atomic E-state index is -0.528. The van der Waals surface area contributed by atoms with E-state index < -0.39 is 11.7 Å². The van der Waals surface area contributed by atoms with E-state index in [0.717, 1.165) is 3.58 Å². The number of ether oxygens (including phenoxy) is 1. The molecule has 130 valence electrons. The molecule has 0 aliphatic rings. The van der Waals surface area contributed by atoms with Gasteiger partial charge in [0.25, 0.3) is 0 Å². The van der Waals surface area contributed by atoms with Crippen LogP contribution in [0.1, 0.15) is 31.3 Å². The molecule has 0 bridgehead atoms. The molecule has 24 heavy (non-hydrogen) atoms. The van der Waals surface area contributed by atoms with Gasteiger partial charge >= 0.3 is 6.09 Å². The van der Waals surface area contributed by atoms with Gasteiger partial charge in [0.2, 0.25) is 5.96 Å². The molecule has 0 aliphatic carbocycles. The summed E-state index contributed by atoms with van der Waals surface area (Å²) in [6.07, 6.45) is 6.55. The van der Waals surface area contributed by atoms with Crippen LogP contribution in [0.2, 0.25) is 0 Å². The van der Waals surface area contributed by atoms with Crippen molar-refractivity contribution in [1.29, 1.82) is 0 Å². The summed E-state index contributed by atoms with van der Waals surface area (Å²) in [6, 6.07) is 0. The smallest absolute Gasteiger partial charge is 0.407 e. The third-order valence-corrected chi connectivity index (χ3v) is 3.12. The van der Waals surface area contributed by atoms with Crippen LogP contribution in [-0.2, 0) is 4.74 Å². The second-order valence-corrected chi connectivity index (χ2v) is 6.82. The third-order valence-electron chi connectivity index (χ3n) is 2.40. The van der Waals surface area contributed by atoms with E-state index in [0.29, 0.717) is 24.5 Å². The Kier molecular flexibility index (Phi) is 7.75. The molecular weight excluding hydrogens is 425 g/mol. The standard InChI is InChI=1S/C15H20IN5O3/c1-15(2,3)24-14(23)18-6-5-11(16)7-19-13(17-4)21-8-12(9-22)20-10-21/h5,7-10H,6H2,1-4H3,(H,18,23)/b11-5-,17-13?,19-7?. The van der Waals surface area contributed by atoms with E-state index in [9.17, 15) is 9.59 Å². The summed E-state index contributed by atoms with van der Waals surface area (Å²) in [7, 11) is 1.59. The Labute approximate surface area is 154 Å². The van der Waals surface area contributed by atoms with Gasteiger partial charge in [0, 0.05) is 29.6 Å². The first kappa shape index (κ1) is 20.0. The molecular formula is C15H20IN5O3. The number of aliphatic imine (C=N–C) groups is 2. The van der Waals surface area contributed by atoms with Crippen LogP contribution in [0.5, 0.6) is 0 Å². The maximum Gasteiger partial charge on any atom is 0.407 e. The second-order valence-electron chi connectivity index (χ2n) is 5.58. The van der Waals surface area contributed by atoms with Crippen molar-refractivity contribution in [2.24, 2.45) is 9.98 Å². The highest BCUT2D eigenvalue weighted by molar-refractivity contribution is 14.1. The van der Waals surface area contributed by atoms with Crippen molar-refractivity contribution in [3.8, 4) is 0 Å². The van der Waals surface area contributed by atoms with Gasteiger partial charge in [-0.3, -0.25) is 14.4 Å². The van der Waals surface area contributed by atoms with Crippen LogP contribution in [-0.4, -0.2) is 53.3 Å². The van der Waals surface area contributed by atoms with Gasteiger partial charge in [0.05, 0.1) is 0 Å². The lowest BCUT2D eigenvalue weighted by Gasteiger charge is -2.19. The van der Waals surface area contributed by atoms with Crippen molar-refractivity contribution < 1.29 is 14.3 Å². The number of nitrogens with zero attached hydrogens (tertiary/aromatic N) is 4. The maximum atomic E-state index is 11.5. The zero-order chi connectivity index (χ0) is 18.2. The summed E-state index contributed by atoms with van der Waals surface area (Å²) >= 11 is 2.08. The molecule has 0 saturated carbocycles. The van der Waals surface area contributed by atoms with Crippen molar-refractivity contribution in [3.63, 3.8) is 0 Å². The Bertz CT molecular complexity index is 671. The van der Waals surface area contributed by atoms with Crippen LogP contribution in [0, 0.1) is 0 Å². The summed E-state index contributed by atoms with van der Waals surface area (Å²) < 4.78 is 7.48.